The minimum atomic E-state index is -0.416. The van der Waals surface area contributed by atoms with E-state index in [1.165, 1.54) is 40.8 Å². The van der Waals surface area contributed by atoms with Gasteiger partial charge in [0.2, 0.25) is 0 Å². The van der Waals surface area contributed by atoms with Gasteiger partial charge < -0.3 is 4.74 Å². The first-order valence-corrected chi connectivity index (χ1v) is 10.3. The summed E-state index contributed by atoms with van der Waals surface area (Å²) < 4.78 is 20.1. The highest BCUT2D eigenvalue weighted by Crippen LogP contribution is 2.30. The Morgan fingerprint density at radius 3 is 2.86 bits per heavy atom. The number of hydrogen-bond donors (Lipinski definition) is 0. The van der Waals surface area contributed by atoms with E-state index in [1.807, 2.05) is 5.38 Å². The van der Waals surface area contributed by atoms with E-state index in [0.717, 1.165) is 24.8 Å². The monoisotopic (exact) mass is 400 g/mol. The Labute approximate surface area is 165 Å². The van der Waals surface area contributed by atoms with E-state index in [2.05, 4.69) is 11.9 Å². The maximum Gasteiger partial charge on any atom is 0.326 e. The van der Waals surface area contributed by atoms with Crippen LogP contribution >= 0.6 is 11.3 Å². The fraction of sp³-hybridized carbons (Fsp3) is 0.381. The molecule has 1 fully saturated rings. The Kier molecular flexibility index (Phi) is 5.26. The van der Waals surface area contributed by atoms with Crippen molar-refractivity contribution in [3.63, 3.8) is 0 Å². The van der Waals surface area contributed by atoms with E-state index < -0.39 is 5.97 Å². The molecule has 0 aliphatic heterocycles. The lowest BCUT2D eigenvalue weighted by molar-refractivity contribution is -0.152. The third-order valence-electron chi connectivity index (χ3n) is 5.20. The molecule has 146 valence electrons. The second-order valence-corrected chi connectivity index (χ2v) is 8.26. The van der Waals surface area contributed by atoms with Gasteiger partial charge in [-0.2, -0.15) is 0 Å². The predicted octanol–water partition coefficient (Wildman–Crippen LogP) is 4.39. The number of fused-ring (bicyclic) bond motifs is 1. The number of thiophene rings is 1. The van der Waals surface area contributed by atoms with Gasteiger partial charge in [-0.25, -0.2) is 9.37 Å². The van der Waals surface area contributed by atoms with Gasteiger partial charge >= 0.3 is 5.97 Å². The lowest BCUT2D eigenvalue weighted by Gasteiger charge is -2.26. The van der Waals surface area contributed by atoms with E-state index >= 15 is 0 Å². The van der Waals surface area contributed by atoms with Crippen molar-refractivity contribution in [1.82, 2.24) is 9.55 Å². The summed E-state index contributed by atoms with van der Waals surface area (Å²) >= 11 is 1.35. The third kappa shape index (κ3) is 3.85. The molecule has 2 aromatic heterocycles. The molecular formula is C21H21FN2O3S. The van der Waals surface area contributed by atoms with Crippen molar-refractivity contribution in [3.8, 4) is 11.1 Å². The van der Waals surface area contributed by atoms with E-state index in [1.54, 1.807) is 12.1 Å². The molecule has 0 spiro atoms. The van der Waals surface area contributed by atoms with Crippen LogP contribution in [0.5, 0.6) is 0 Å². The molecule has 1 saturated carbocycles. The molecule has 4 rings (SSSR count). The summed E-state index contributed by atoms with van der Waals surface area (Å²) in [6.07, 6.45) is 5.29. The van der Waals surface area contributed by atoms with Gasteiger partial charge in [0.1, 0.15) is 23.3 Å². The van der Waals surface area contributed by atoms with Crippen LogP contribution in [0.2, 0.25) is 0 Å². The van der Waals surface area contributed by atoms with Gasteiger partial charge in [0.05, 0.1) is 11.7 Å². The molecule has 0 saturated heterocycles. The molecule has 1 aliphatic rings. The Bertz CT molecular complexity index is 1060. The van der Waals surface area contributed by atoms with Crippen LogP contribution in [0.15, 0.2) is 40.8 Å². The first kappa shape index (κ1) is 18.8. The Morgan fingerprint density at radius 2 is 2.11 bits per heavy atom. The topological polar surface area (TPSA) is 61.2 Å². The number of carbonyl (C=O) groups excluding carboxylic acids is 1. The van der Waals surface area contributed by atoms with Crippen molar-refractivity contribution >= 4 is 27.5 Å². The number of ether oxygens (including phenoxy) is 1. The molecule has 0 amide bonds. The molecule has 1 aromatic carbocycles. The largest absolute Gasteiger partial charge is 0.461 e. The van der Waals surface area contributed by atoms with Crippen LogP contribution in [0.3, 0.4) is 0 Å². The highest BCUT2D eigenvalue weighted by molar-refractivity contribution is 7.17. The Hall–Kier alpha value is -2.54. The van der Waals surface area contributed by atoms with Crippen molar-refractivity contribution in [1.29, 1.82) is 0 Å². The number of aromatic nitrogens is 2. The molecule has 28 heavy (non-hydrogen) atoms. The van der Waals surface area contributed by atoms with E-state index in [-0.39, 0.29) is 24.0 Å². The maximum absolute atomic E-state index is 13.2. The fourth-order valence-electron chi connectivity index (χ4n) is 3.77. The maximum atomic E-state index is 13.2. The molecule has 0 bridgehead atoms. The molecular weight excluding hydrogens is 379 g/mol. The Morgan fingerprint density at radius 1 is 1.32 bits per heavy atom. The first-order valence-electron chi connectivity index (χ1n) is 9.43. The van der Waals surface area contributed by atoms with Gasteiger partial charge in [-0.05, 0) is 42.9 Å². The highest BCUT2D eigenvalue weighted by Gasteiger charge is 2.23. The van der Waals surface area contributed by atoms with Gasteiger partial charge in [0, 0.05) is 10.9 Å². The van der Waals surface area contributed by atoms with Crippen molar-refractivity contribution in [2.75, 3.05) is 0 Å². The molecule has 2 atom stereocenters. The van der Waals surface area contributed by atoms with Gasteiger partial charge in [-0.1, -0.05) is 25.5 Å². The molecule has 0 radical (unpaired) electrons. The van der Waals surface area contributed by atoms with Crippen molar-refractivity contribution < 1.29 is 13.9 Å². The van der Waals surface area contributed by atoms with Crippen LogP contribution in [0.1, 0.15) is 32.6 Å². The molecule has 3 aromatic rings. The van der Waals surface area contributed by atoms with Gasteiger partial charge in [-0.15, -0.1) is 11.3 Å². The van der Waals surface area contributed by atoms with Crippen LogP contribution in [0.4, 0.5) is 4.39 Å². The smallest absolute Gasteiger partial charge is 0.326 e. The molecule has 2 heterocycles. The van der Waals surface area contributed by atoms with E-state index in [9.17, 15) is 14.0 Å². The number of halogens is 1. The summed E-state index contributed by atoms with van der Waals surface area (Å²) in [5.74, 6) is -0.198. The second-order valence-electron chi connectivity index (χ2n) is 7.40. The summed E-state index contributed by atoms with van der Waals surface area (Å²) in [6.45, 7) is 2.00. The van der Waals surface area contributed by atoms with Gasteiger partial charge in [-0.3, -0.25) is 14.2 Å². The normalized spacial score (nSPS) is 19.6. The quantitative estimate of drug-likeness (QED) is 0.610. The molecule has 2 unspecified atom stereocenters. The van der Waals surface area contributed by atoms with Crippen LogP contribution < -0.4 is 5.56 Å². The van der Waals surface area contributed by atoms with E-state index in [0.29, 0.717) is 21.7 Å². The number of hydrogen-bond acceptors (Lipinski definition) is 5. The van der Waals surface area contributed by atoms with Gasteiger partial charge in [0.25, 0.3) is 5.56 Å². The third-order valence-corrected chi connectivity index (χ3v) is 6.09. The number of benzene rings is 1. The summed E-state index contributed by atoms with van der Waals surface area (Å²) in [6, 6.07) is 5.98. The Balaban J connectivity index is 1.59. The zero-order valence-corrected chi connectivity index (χ0v) is 16.4. The van der Waals surface area contributed by atoms with Crippen molar-refractivity contribution in [2.45, 2.75) is 45.3 Å². The fourth-order valence-corrected chi connectivity index (χ4v) is 4.68. The molecule has 0 N–H and O–H groups in total. The number of esters is 1. The SMILES string of the molecule is CC1CCCC(OC(=O)Cn2cnc3scc(-c4ccc(F)cc4)c3c2=O)C1. The van der Waals surface area contributed by atoms with Crippen molar-refractivity contribution in [2.24, 2.45) is 5.92 Å². The summed E-state index contributed by atoms with van der Waals surface area (Å²) in [5.41, 5.74) is 1.14. The number of carbonyl (C=O) groups is 1. The highest BCUT2D eigenvalue weighted by atomic mass is 32.1. The lowest BCUT2D eigenvalue weighted by Crippen LogP contribution is -2.30. The summed E-state index contributed by atoms with van der Waals surface area (Å²) in [4.78, 5) is 30.2. The van der Waals surface area contributed by atoms with Crippen molar-refractivity contribution in [3.05, 3.63) is 52.1 Å². The number of rotatable bonds is 4. The average molecular weight is 400 g/mol. The van der Waals surface area contributed by atoms with E-state index in [4.69, 9.17) is 4.74 Å². The van der Waals surface area contributed by atoms with Crippen LogP contribution in [-0.4, -0.2) is 21.6 Å². The average Bonchev–Trinajstić information content (AvgIpc) is 3.09. The first-order chi connectivity index (χ1) is 13.5. The van der Waals surface area contributed by atoms with Crippen LogP contribution in [0.25, 0.3) is 21.3 Å². The molecule has 5 nitrogen and oxygen atoms in total. The zero-order valence-electron chi connectivity index (χ0n) is 15.6. The zero-order chi connectivity index (χ0) is 19.7. The number of nitrogens with zero attached hydrogens (tertiary/aromatic N) is 2. The predicted molar refractivity (Wildman–Crippen MR) is 107 cm³/mol. The standard InChI is InChI=1S/C21H21FN2O3S/c1-13-3-2-4-16(9-13)27-18(25)10-24-12-23-20-19(21(24)26)17(11-28-20)14-5-7-15(22)8-6-14/h5-8,11-13,16H,2-4,9-10H2,1H3. The molecule has 7 heteroatoms. The minimum Gasteiger partial charge on any atom is -0.461 e. The summed E-state index contributed by atoms with van der Waals surface area (Å²) in [5, 5.41) is 2.27. The second kappa shape index (κ2) is 7.83. The molecule has 1 aliphatic carbocycles. The minimum absolute atomic E-state index is 0.0698. The van der Waals surface area contributed by atoms with Crippen LogP contribution in [0, 0.1) is 11.7 Å². The van der Waals surface area contributed by atoms with Crippen LogP contribution in [-0.2, 0) is 16.1 Å². The lowest BCUT2D eigenvalue weighted by atomic mass is 9.89. The van der Waals surface area contributed by atoms with Gasteiger partial charge in [0.15, 0.2) is 0 Å². The summed E-state index contributed by atoms with van der Waals surface area (Å²) in [7, 11) is 0.